The summed E-state index contributed by atoms with van der Waals surface area (Å²) in [5.41, 5.74) is 6.58. The summed E-state index contributed by atoms with van der Waals surface area (Å²) < 4.78 is 33.2. The van der Waals surface area contributed by atoms with Crippen LogP contribution in [0.5, 0.6) is 11.5 Å². The second kappa shape index (κ2) is 8.59. The van der Waals surface area contributed by atoms with E-state index in [9.17, 15) is 13.5 Å². The smallest absolute Gasteiger partial charge is 0.244 e. The zero-order chi connectivity index (χ0) is 20.1. The van der Waals surface area contributed by atoms with Gasteiger partial charge in [0.2, 0.25) is 10.0 Å². The maximum atomic E-state index is 12.5. The van der Waals surface area contributed by atoms with E-state index in [0.29, 0.717) is 6.42 Å². The van der Waals surface area contributed by atoms with Crippen LogP contribution in [0.25, 0.3) is 0 Å². The summed E-state index contributed by atoms with van der Waals surface area (Å²) >= 11 is 0. The van der Waals surface area contributed by atoms with Gasteiger partial charge in [-0.2, -0.15) is 0 Å². The van der Waals surface area contributed by atoms with Crippen LogP contribution in [0.3, 0.4) is 0 Å². The number of nitrogens with one attached hydrogen (secondary N) is 3. The molecule has 2 aromatic carbocycles. The molecule has 0 radical (unpaired) electrons. The lowest BCUT2D eigenvalue weighted by Crippen LogP contribution is -2.26. The predicted molar refractivity (Wildman–Crippen MR) is 106 cm³/mol. The molecule has 1 aliphatic rings. The summed E-state index contributed by atoms with van der Waals surface area (Å²) in [7, 11) is -3.92. The standard InChI is InChI=1S/C19H24N4O4S/c20-19(21)14-3-6-17(24)18(11-14)28(25,26)23-10-7-13-1-4-15(5-2-13)27-16-8-9-22-12-16/h1-6,11,16,22-24H,7-10,12H2,(H3,20,21)/t16-/m0/s1. The van der Waals surface area contributed by atoms with Crippen molar-refractivity contribution in [1.82, 2.24) is 10.0 Å². The van der Waals surface area contributed by atoms with Crippen LogP contribution in [0.1, 0.15) is 17.5 Å². The van der Waals surface area contributed by atoms with E-state index in [1.54, 1.807) is 0 Å². The van der Waals surface area contributed by atoms with Gasteiger partial charge in [0, 0.05) is 18.7 Å². The summed E-state index contributed by atoms with van der Waals surface area (Å²) in [6, 6.07) is 11.4. The number of hydrogen-bond acceptors (Lipinski definition) is 6. The number of nitrogens with two attached hydrogens (primary N) is 1. The second-order valence-electron chi connectivity index (χ2n) is 6.62. The lowest BCUT2D eigenvalue weighted by molar-refractivity contribution is 0.223. The SMILES string of the molecule is N=C(N)c1ccc(O)c(S(=O)(=O)NCCc2ccc(O[C@H]3CCNC3)cc2)c1. The number of aromatic hydroxyl groups is 1. The highest BCUT2D eigenvalue weighted by atomic mass is 32.2. The third-order valence-corrected chi connectivity index (χ3v) is 6.00. The summed E-state index contributed by atoms with van der Waals surface area (Å²) in [6.45, 7) is 1.98. The van der Waals surface area contributed by atoms with E-state index in [-0.39, 0.29) is 34.7 Å². The van der Waals surface area contributed by atoms with Crippen molar-refractivity contribution in [2.75, 3.05) is 19.6 Å². The molecule has 0 saturated carbocycles. The molecule has 1 atom stereocenters. The molecule has 1 heterocycles. The van der Waals surface area contributed by atoms with Crippen LogP contribution in [0.15, 0.2) is 47.4 Å². The Balaban J connectivity index is 1.58. The minimum atomic E-state index is -3.92. The van der Waals surface area contributed by atoms with E-state index in [0.717, 1.165) is 30.8 Å². The van der Waals surface area contributed by atoms with Crippen LogP contribution in [0, 0.1) is 5.41 Å². The summed E-state index contributed by atoms with van der Waals surface area (Å²) in [5.74, 6) is 0.136. The van der Waals surface area contributed by atoms with Crippen LogP contribution < -0.4 is 20.5 Å². The van der Waals surface area contributed by atoms with E-state index >= 15 is 0 Å². The molecule has 1 fully saturated rings. The second-order valence-corrected chi connectivity index (χ2v) is 8.36. The Hall–Kier alpha value is -2.62. The van der Waals surface area contributed by atoms with E-state index in [2.05, 4.69) is 10.0 Å². The quantitative estimate of drug-likeness (QED) is 0.328. The Morgan fingerprint density at radius 3 is 2.68 bits per heavy atom. The molecule has 0 bridgehead atoms. The van der Waals surface area contributed by atoms with Gasteiger partial charge in [-0.15, -0.1) is 0 Å². The number of phenols is 1. The van der Waals surface area contributed by atoms with Gasteiger partial charge in [0.25, 0.3) is 0 Å². The number of benzene rings is 2. The molecular formula is C19H24N4O4S. The molecule has 0 amide bonds. The van der Waals surface area contributed by atoms with Crippen molar-refractivity contribution in [3.63, 3.8) is 0 Å². The maximum Gasteiger partial charge on any atom is 0.244 e. The molecule has 0 aliphatic carbocycles. The first-order valence-corrected chi connectivity index (χ1v) is 10.5. The molecule has 28 heavy (non-hydrogen) atoms. The predicted octanol–water partition coefficient (Wildman–Crippen LogP) is 0.938. The summed E-state index contributed by atoms with van der Waals surface area (Å²) in [4.78, 5) is -0.297. The van der Waals surface area contributed by atoms with Crippen molar-refractivity contribution >= 4 is 15.9 Å². The Kier molecular flexibility index (Phi) is 6.18. The normalized spacial score (nSPS) is 16.8. The molecule has 8 nitrogen and oxygen atoms in total. The average Bonchev–Trinajstić information content (AvgIpc) is 3.16. The Labute approximate surface area is 164 Å². The highest BCUT2D eigenvalue weighted by Crippen LogP contribution is 2.23. The van der Waals surface area contributed by atoms with Crippen molar-refractivity contribution in [2.45, 2.75) is 23.8 Å². The number of nitrogen functional groups attached to an aromatic ring is 1. The van der Waals surface area contributed by atoms with Crippen molar-refractivity contribution in [3.05, 3.63) is 53.6 Å². The van der Waals surface area contributed by atoms with Gasteiger partial charge in [-0.1, -0.05) is 12.1 Å². The Morgan fingerprint density at radius 1 is 1.29 bits per heavy atom. The highest BCUT2D eigenvalue weighted by Gasteiger charge is 2.19. The highest BCUT2D eigenvalue weighted by molar-refractivity contribution is 7.89. The lowest BCUT2D eigenvalue weighted by atomic mass is 10.1. The lowest BCUT2D eigenvalue weighted by Gasteiger charge is -2.13. The van der Waals surface area contributed by atoms with Crippen molar-refractivity contribution < 1.29 is 18.3 Å². The summed E-state index contributed by atoms with van der Waals surface area (Å²) in [6.07, 6.45) is 1.66. The van der Waals surface area contributed by atoms with E-state index in [1.165, 1.54) is 18.2 Å². The van der Waals surface area contributed by atoms with E-state index in [1.807, 2.05) is 24.3 Å². The van der Waals surface area contributed by atoms with Crippen molar-refractivity contribution in [2.24, 2.45) is 5.73 Å². The first-order chi connectivity index (χ1) is 13.3. The Morgan fingerprint density at radius 2 is 2.04 bits per heavy atom. The summed E-state index contributed by atoms with van der Waals surface area (Å²) in [5, 5.41) is 20.5. The fourth-order valence-electron chi connectivity index (χ4n) is 2.96. The van der Waals surface area contributed by atoms with Gasteiger partial charge in [-0.3, -0.25) is 5.41 Å². The van der Waals surface area contributed by atoms with Gasteiger partial charge >= 0.3 is 0 Å². The number of hydrogen-bond donors (Lipinski definition) is 5. The van der Waals surface area contributed by atoms with Gasteiger partial charge in [-0.05, 0) is 55.3 Å². The van der Waals surface area contributed by atoms with Gasteiger partial charge in [0.05, 0.1) is 0 Å². The molecule has 6 N–H and O–H groups in total. The number of ether oxygens (including phenoxy) is 1. The van der Waals surface area contributed by atoms with Gasteiger partial charge in [-0.25, -0.2) is 13.1 Å². The molecule has 1 saturated heterocycles. The fraction of sp³-hybridized carbons (Fsp3) is 0.316. The molecule has 0 aromatic heterocycles. The van der Waals surface area contributed by atoms with E-state index < -0.39 is 10.0 Å². The first kappa shape index (κ1) is 20.1. The minimum Gasteiger partial charge on any atom is -0.507 e. The average molecular weight is 404 g/mol. The molecule has 0 unspecified atom stereocenters. The van der Waals surface area contributed by atoms with Crippen LogP contribution in [-0.4, -0.2) is 45.1 Å². The molecule has 3 rings (SSSR count). The van der Waals surface area contributed by atoms with Gasteiger partial charge in [0.1, 0.15) is 28.3 Å². The number of phenolic OH excluding ortho intramolecular Hbond substituents is 1. The maximum absolute atomic E-state index is 12.5. The number of amidine groups is 1. The first-order valence-electron chi connectivity index (χ1n) is 8.98. The zero-order valence-corrected chi connectivity index (χ0v) is 16.1. The van der Waals surface area contributed by atoms with Crippen LogP contribution in [0.2, 0.25) is 0 Å². The molecule has 1 aliphatic heterocycles. The van der Waals surface area contributed by atoms with Crippen LogP contribution >= 0.6 is 0 Å². The molecule has 9 heteroatoms. The molecule has 0 spiro atoms. The Bertz CT molecular complexity index is 939. The molecular weight excluding hydrogens is 380 g/mol. The number of rotatable bonds is 8. The van der Waals surface area contributed by atoms with E-state index in [4.69, 9.17) is 15.9 Å². The van der Waals surface area contributed by atoms with Crippen LogP contribution in [0.4, 0.5) is 0 Å². The zero-order valence-electron chi connectivity index (χ0n) is 15.3. The third kappa shape index (κ3) is 5.00. The monoisotopic (exact) mass is 404 g/mol. The fourth-order valence-corrected chi connectivity index (χ4v) is 4.11. The molecule has 2 aromatic rings. The van der Waals surface area contributed by atoms with Gasteiger partial charge < -0.3 is 20.9 Å². The van der Waals surface area contributed by atoms with Crippen LogP contribution in [-0.2, 0) is 16.4 Å². The number of sulfonamides is 1. The third-order valence-electron chi connectivity index (χ3n) is 4.51. The molecule has 150 valence electrons. The minimum absolute atomic E-state index is 0.165. The van der Waals surface area contributed by atoms with Crippen molar-refractivity contribution in [1.29, 1.82) is 5.41 Å². The largest absolute Gasteiger partial charge is 0.507 e. The van der Waals surface area contributed by atoms with Gasteiger partial charge in [0.15, 0.2) is 0 Å². The van der Waals surface area contributed by atoms with Crippen molar-refractivity contribution in [3.8, 4) is 11.5 Å². The topological polar surface area (TPSA) is 138 Å².